The summed E-state index contributed by atoms with van der Waals surface area (Å²) >= 11 is 0. The van der Waals surface area contributed by atoms with Gasteiger partial charge in [-0.25, -0.2) is 4.39 Å². The highest BCUT2D eigenvalue weighted by molar-refractivity contribution is 5.63. The molecule has 0 radical (unpaired) electrons. The first kappa shape index (κ1) is 20.6. The summed E-state index contributed by atoms with van der Waals surface area (Å²) in [6, 6.07) is 10.5. The van der Waals surface area contributed by atoms with E-state index in [9.17, 15) is 9.50 Å². The topological polar surface area (TPSA) is 42.4 Å². The van der Waals surface area contributed by atoms with E-state index in [1.807, 2.05) is 18.2 Å². The second-order valence-electron chi connectivity index (χ2n) is 9.46. The van der Waals surface area contributed by atoms with Gasteiger partial charge < -0.3 is 9.84 Å². The molecule has 3 fully saturated rings. The van der Waals surface area contributed by atoms with Crippen molar-refractivity contribution in [3.05, 3.63) is 72.3 Å². The molecule has 1 aromatic carbocycles. The second kappa shape index (κ2) is 8.33. The van der Waals surface area contributed by atoms with E-state index in [4.69, 9.17) is 4.74 Å². The fourth-order valence-corrected chi connectivity index (χ4v) is 6.33. The molecule has 2 saturated carbocycles. The van der Waals surface area contributed by atoms with Gasteiger partial charge in [-0.2, -0.15) is 0 Å². The Morgan fingerprint density at radius 1 is 1.23 bits per heavy atom. The van der Waals surface area contributed by atoms with Crippen molar-refractivity contribution in [1.82, 2.24) is 4.98 Å². The average Bonchev–Trinajstić information content (AvgIpc) is 3.05. The lowest BCUT2D eigenvalue weighted by Gasteiger charge is -2.48. The number of aliphatic hydroxyl groups is 1. The van der Waals surface area contributed by atoms with E-state index in [1.54, 1.807) is 12.3 Å². The van der Waals surface area contributed by atoms with Crippen LogP contribution in [-0.2, 0) is 4.74 Å². The van der Waals surface area contributed by atoms with Gasteiger partial charge in [-0.15, -0.1) is 0 Å². The zero-order valence-corrected chi connectivity index (χ0v) is 18.0. The molecule has 7 unspecified atom stereocenters. The normalized spacial score (nSPS) is 35.2. The molecule has 1 aromatic heterocycles. The summed E-state index contributed by atoms with van der Waals surface area (Å²) < 4.78 is 19.4. The molecule has 1 saturated heterocycles. The van der Waals surface area contributed by atoms with E-state index >= 15 is 0 Å². The van der Waals surface area contributed by atoms with Crippen molar-refractivity contribution in [2.24, 2.45) is 29.6 Å². The smallest absolute Gasteiger partial charge is 0.158 e. The molecule has 2 aromatic rings. The Bertz CT molecular complexity index is 985. The number of hydrogen-bond donors (Lipinski definition) is 1. The summed E-state index contributed by atoms with van der Waals surface area (Å²) in [5.41, 5.74) is 3.96. The number of allylic oxidation sites excluding steroid dienone is 2. The summed E-state index contributed by atoms with van der Waals surface area (Å²) in [6.07, 6.45) is 10.1. The van der Waals surface area contributed by atoms with Crippen LogP contribution in [0.4, 0.5) is 4.39 Å². The Kier molecular flexibility index (Phi) is 5.53. The minimum Gasteiger partial charge on any atom is -0.368 e. The number of nitrogens with zero attached hydrogens (tertiary/aromatic N) is 1. The first-order valence-corrected chi connectivity index (χ1v) is 11.4. The van der Waals surface area contributed by atoms with Gasteiger partial charge in [0.05, 0.1) is 11.8 Å². The van der Waals surface area contributed by atoms with Crippen LogP contribution in [0.25, 0.3) is 17.2 Å². The maximum atomic E-state index is 13.5. The van der Waals surface area contributed by atoms with Crippen molar-refractivity contribution < 1.29 is 14.2 Å². The molecule has 1 N–H and O–H groups in total. The SMILES string of the molecule is C=C1CCCC2CC3C(O)OC(C)C3C(C=Cc3ccc(-c4cccc(F)c4)cn3)C12. The van der Waals surface area contributed by atoms with Gasteiger partial charge in [-0.05, 0) is 86.1 Å². The van der Waals surface area contributed by atoms with E-state index < -0.39 is 6.29 Å². The molecule has 162 valence electrons. The van der Waals surface area contributed by atoms with Crippen LogP contribution in [0.1, 0.15) is 38.3 Å². The maximum Gasteiger partial charge on any atom is 0.158 e. The molecule has 31 heavy (non-hydrogen) atoms. The van der Waals surface area contributed by atoms with Gasteiger partial charge in [0, 0.05) is 17.7 Å². The number of benzene rings is 1. The summed E-state index contributed by atoms with van der Waals surface area (Å²) in [7, 11) is 0. The number of aliphatic hydroxyl groups excluding tert-OH is 1. The van der Waals surface area contributed by atoms with Gasteiger partial charge in [0.25, 0.3) is 0 Å². The number of ether oxygens (including phenoxy) is 1. The monoisotopic (exact) mass is 419 g/mol. The first-order chi connectivity index (χ1) is 15.0. The van der Waals surface area contributed by atoms with Crippen LogP contribution in [-0.4, -0.2) is 22.5 Å². The third kappa shape index (κ3) is 3.88. The Hall–Kier alpha value is -2.30. The van der Waals surface area contributed by atoms with E-state index in [0.717, 1.165) is 29.7 Å². The number of hydrogen-bond acceptors (Lipinski definition) is 3. The highest BCUT2D eigenvalue weighted by Crippen LogP contribution is 2.55. The van der Waals surface area contributed by atoms with Gasteiger partial charge in [-0.1, -0.05) is 36.4 Å². The Morgan fingerprint density at radius 2 is 2.10 bits per heavy atom. The van der Waals surface area contributed by atoms with Crippen molar-refractivity contribution in [2.45, 2.75) is 45.0 Å². The molecular formula is C27H30FNO2. The summed E-state index contributed by atoms with van der Waals surface area (Å²) in [6.45, 7) is 6.52. The zero-order valence-electron chi connectivity index (χ0n) is 18.0. The molecule has 3 nitrogen and oxygen atoms in total. The van der Waals surface area contributed by atoms with E-state index in [-0.39, 0.29) is 17.8 Å². The van der Waals surface area contributed by atoms with E-state index in [0.29, 0.717) is 23.7 Å². The molecule has 7 atom stereocenters. The minimum absolute atomic E-state index is 0.0358. The molecular weight excluding hydrogens is 389 g/mol. The number of fused-ring (bicyclic) bond motifs is 2. The third-order valence-corrected chi connectivity index (χ3v) is 7.68. The molecule has 0 spiro atoms. The highest BCUT2D eigenvalue weighted by atomic mass is 19.1. The first-order valence-electron chi connectivity index (χ1n) is 11.4. The summed E-state index contributed by atoms with van der Waals surface area (Å²) in [5, 5.41) is 10.5. The lowest BCUT2D eigenvalue weighted by molar-refractivity contribution is -0.107. The lowest BCUT2D eigenvalue weighted by atomic mass is 9.56. The molecule has 3 aliphatic rings. The predicted octanol–water partition coefficient (Wildman–Crippen LogP) is 5.86. The molecule has 1 aliphatic heterocycles. The number of rotatable bonds is 3. The van der Waals surface area contributed by atoms with Crippen LogP contribution in [0.3, 0.4) is 0 Å². The van der Waals surface area contributed by atoms with Gasteiger partial charge in [0.1, 0.15) is 5.82 Å². The number of pyridine rings is 1. The minimum atomic E-state index is -0.657. The maximum absolute atomic E-state index is 13.5. The number of halogens is 1. The molecule has 0 amide bonds. The van der Waals surface area contributed by atoms with Crippen molar-refractivity contribution in [3.63, 3.8) is 0 Å². The third-order valence-electron chi connectivity index (χ3n) is 7.68. The van der Waals surface area contributed by atoms with Crippen molar-refractivity contribution in [2.75, 3.05) is 0 Å². The lowest BCUT2D eigenvalue weighted by Crippen LogP contribution is -2.44. The Balaban J connectivity index is 1.41. The van der Waals surface area contributed by atoms with E-state index in [1.165, 1.54) is 30.5 Å². The quantitative estimate of drug-likeness (QED) is 0.634. The van der Waals surface area contributed by atoms with Gasteiger partial charge in [0.2, 0.25) is 0 Å². The Labute approximate surface area is 183 Å². The highest BCUT2D eigenvalue weighted by Gasteiger charge is 2.53. The standard InChI is InChI=1S/C27H30FNO2/c1-16-5-3-7-19-14-24-26(17(2)31-27(24)30)23(25(16)19)12-11-22-10-9-20(15-29-22)18-6-4-8-21(28)13-18/h4,6,8-13,15,17,19,23-27,30H,1,3,5,7,14H2,2H3. The molecule has 0 bridgehead atoms. The molecule has 2 aliphatic carbocycles. The summed E-state index contributed by atoms with van der Waals surface area (Å²) in [4.78, 5) is 4.60. The second-order valence-corrected chi connectivity index (χ2v) is 9.46. The van der Waals surface area contributed by atoms with Gasteiger partial charge in [0.15, 0.2) is 6.29 Å². The predicted molar refractivity (Wildman–Crippen MR) is 120 cm³/mol. The molecule has 2 heterocycles. The van der Waals surface area contributed by atoms with Crippen LogP contribution in [0.2, 0.25) is 0 Å². The van der Waals surface area contributed by atoms with Crippen LogP contribution in [0, 0.1) is 35.4 Å². The van der Waals surface area contributed by atoms with Gasteiger partial charge in [-0.3, -0.25) is 4.98 Å². The van der Waals surface area contributed by atoms with Crippen LogP contribution in [0.15, 0.2) is 60.8 Å². The molecule has 5 rings (SSSR count). The Morgan fingerprint density at radius 3 is 2.87 bits per heavy atom. The van der Waals surface area contributed by atoms with Crippen molar-refractivity contribution >= 4 is 6.08 Å². The fraction of sp³-hybridized carbons (Fsp3) is 0.444. The zero-order chi connectivity index (χ0) is 21.5. The van der Waals surface area contributed by atoms with Crippen LogP contribution < -0.4 is 0 Å². The number of aromatic nitrogens is 1. The van der Waals surface area contributed by atoms with Gasteiger partial charge >= 0.3 is 0 Å². The largest absolute Gasteiger partial charge is 0.368 e. The van der Waals surface area contributed by atoms with Crippen LogP contribution >= 0.6 is 0 Å². The van der Waals surface area contributed by atoms with Crippen molar-refractivity contribution in [1.29, 1.82) is 0 Å². The fourth-order valence-electron chi connectivity index (χ4n) is 6.33. The molecule has 4 heteroatoms. The summed E-state index contributed by atoms with van der Waals surface area (Å²) in [5.74, 6) is 1.58. The van der Waals surface area contributed by atoms with E-state index in [2.05, 4.69) is 30.6 Å². The average molecular weight is 420 g/mol. The van der Waals surface area contributed by atoms with Crippen LogP contribution in [0.5, 0.6) is 0 Å². The van der Waals surface area contributed by atoms with Crippen molar-refractivity contribution in [3.8, 4) is 11.1 Å².